The molecular weight excluding hydrogens is 406 g/mol. The van der Waals surface area contributed by atoms with E-state index in [9.17, 15) is 30.3 Å². The van der Waals surface area contributed by atoms with E-state index in [1.807, 2.05) is 0 Å². The number of rotatable bonds is 2. The first kappa shape index (κ1) is 19.5. The van der Waals surface area contributed by atoms with Gasteiger partial charge in [0.05, 0.1) is 12.4 Å². The van der Waals surface area contributed by atoms with Gasteiger partial charge >= 0.3 is 5.97 Å². The van der Waals surface area contributed by atoms with Gasteiger partial charge in [0.1, 0.15) is 42.4 Å². The van der Waals surface area contributed by atoms with Crippen LogP contribution in [0.5, 0.6) is 0 Å². The first-order valence-corrected chi connectivity index (χ1v) is 9.13. The summed E-state index contributed by atoms with van der Waals surface area (Å²) in [6, 6.07) is 0. The first-order chi connectivity index (χ1) is 14.2. The minimum atomic E-state index is -2.44. The summed E-state index contributed by atoms with van der Waals surface area (Å²) in [5.41, 5.74) is 6.39. The molecule has 5 heterocycles. The average Bonchev–Trinajstić information content (AvgIpc) is 3.26. The lowest BCUT2D eigenvalue weighted by Crippen LogP contribution is -2.72. The van der Waals surface area contributed by atoms with Crippen LogP contribution in [0.1, 0.15) is 12.6 Å². The van der Waals surface area contributed by atoms with Crippen molar-refractivity contribution in [3.05, 3.63) is 12.7 Å². The summed E-state index contributed by atoms with van der Waals surface area (Å²) < 4.78 is 18.2. The number of aliphatic hydroxyl groups excluding tert-OH is 3. The van der Waals surface area contributed by atoms with Crippen molar-refractivity contribution in [1.82, 2.24) is 19.5 Å². The lowest BCUT2D eigenvalue weighted by Gasteiger charge is -2.51. The van der Waals surface area contributed by atoms with Crippen LogP contribution < -0.4 is 5.73 Å². The minimum Gasteiger partial charge on any atom is -0.479 e. The largest absolute Gasteiger partial charge is 0.479 e. The number of carbonyl (C=O) groups is 1. The molecule has 5 rings (SSSR count). The predicted molar refractivity (Wildman–Crippen MR) is 92.4 cm³/mol. The number of hydrogen-bond donors (Lipinski definition) is 6. The Balaban J connectivity index is 1.46. The minimum absolute atomic E-state index is 0.105. The number of nitrogens with zero attached hydrogens (tertiary/aromatic N) is 4. The highest BCUT2D eigenvalue weighted by Gasteiger charge is 2.65. The summed E-state index contributed by atoms with van der Waals surface area (Å²) >= 11 is 0. The normalized spacial score (nSPS) is 43.3. The Bertz CT molecular complexity index is 1000. The highest BCUT2D eigenvalue weighted by atomic mass is 16.7. The number of aromatic nitrogens is 4. The highest BCUT2D eigenvalue weighted by molar-refractivity contribution is 5.81. The molecule has 0 saturated carbocycles. The van der Waals surface area contributed by atoms with Crippen LogP contribution in [-0.2, 0) is 19.0 Å². The molecule has 7 N–H and O–H groups in total. The Labute approximate surface area is 167 Å². The standard InChI is InChI=1S/C16H19N5O9/c17-12-6-13(19-2-18-12)21(3-20-6)14-8(23)9-4(28-14)1-5-16(27,30-9)11(24)7(22)10(29-5)15(25)26/h2-5,7-11,14,22-24,27H,1H2,(H,25,26)(H2,17,18,19). The molecule has 0 amide bonds. The SMILES string of the molecule is Nc1ncnc2c1ncn2C1OC2CC3OC(C(=O)O)C(O)C(O)C3(O)OC2C1O. The van der Waals surface area contributed by atoms with Crippen molar-refractivity contribution < 1.29 is 44.5 Å². The zero-order valence-corrected chi connectivity index (χ0v) is 15.2. The smallest absolute Gasteiger partial charge is 0.335 e. The van der Waals surface area contributed by atoms with Gasteiger partial charge in [-0.3, -0.25) is 4.57 Å². The van der Waals surface area contributed by atoms with Crippen molar-refractivity contribution in [3.63, 3.8) is 0 Å². The van der Waals surface area contributed by atoms with E-state index in [0.717, 1.165) is 0 Å². The number of carboxylic acids is 1. The molecule has 9 atom stereocenters. The molecule has 0 aromatic carbocycles. The molecule has 14 heteroatoms. The van der Waals surface area contributed by atoms with E-state index in [-0.39, 0.29) is 12.2 Å². The molecule has 0 bridgehead atoms. The molecule has 2 aromatic rings. The van der Waals surface area contributed by atoms with Crippen molar-refractivity contribution in [2.24, 2.45) is 0 Å². The number of nitrogens with two attached hydrogens (primary N) is 1. The van der Waals surface area contributed by atoms with Crippen molar-refractivity contribution >= 4 is 23.0 Å². The fourth-order valence-corrected chi connectivity index (χ4v) is 4.30. The molecule has 3 saturated heterocycles. The van der Waals surface area contributed by atoms with Crippen LogP contribution in [0.4, 0.5) is 5.82 Å². The Morgan fingerprint density at radius 2 is 1.97 bits per heavy atom. The topological polar surface area (TPSA) is 216 Å². The van der Waals surface area contributed by atoms with E-state index in [0.29, 0.717) is 11.2 Å². The summed E-state index contributed by atoms with van der Waals surface area (Å²) in [5, 5.41) is 51.2. The third-order valence-electron chi connectivity index (χ3n) is 5.81. The summed E-state index contributed by atoms with van der Waals surface area (Å²) in [4.78, 5) is 23.4. The summed E-state index contributed by atoms with van der Waals surface area (Å²) in [6.07, 6.45) is -8.79. The number of hydrogen-bond acceptors (Lipinski definition) is 12. The molecule has 3 aliphatic heterocycles. The van der Waals surface area contributed by atoms with E-state index in [2.05, 4.69) is 15.0 Å². The second-order valence-corrected chi connectivity index (χ2v) is 7.53. The fraction of sp³-hybridized carbons (Fsp3) is 0.625. The Hall–Kier alpha value is -2.46. The molecule has 14 nitrogen and oxygen atoms in total. The van der Waals surface area contributed by atoms with E-state index in [4.69, 9.17) is 19.9 Å². The number of imidazole rings is 1. The lowest BCUT2D eigenvalue weighted by molar-refractivity contribution is -0.396. The molecule has 162 valence electrons. The number of anilines is 1. The molecule has 0 aliphatic carbocycles. The number of nitrogen functional groups attached to an aromatic ring is 1. The summed E-state index contributed by atoms with van der Waals surface area (Å²) in [6.45, 7) is 0. The molecular formula is C16H19N5O9. The van der Waals surface area contributed by atoms with Gasteiger partial charge in [-0.15, -0.1) is 0 Å². The van der Waals surface area contributed by atoms with Gasteiger partial charge < -0.3 is 45.5 Å². The monoisotopic (exact) mass is 425 g/mol. The van der Waals surface area contributed by atoms with E-state index < -0.39 is 60.7 Å². The van der Waals surface area contributed by atoms with Gasteiger partial charge in [-0.2, -0.15) is 0 Å². The van der Waals surface area contributed by atoms with Crippen molar-refractivity contribution in [2.75, 3.05) is 5.73 Å². The Morgan fingerprint density at radius 1 is 1.20 bits per heavy atom. The number of carboxylic acid groups (broad SMARTS) is 1. The second kappa shape index (κ2) is 6.52. The Kier molecular flexibility index (Phi) is 4.24. The maximum atomic E-state index is 11.3. The maximum absolute atomic E-state index is 11.3. The van der Waals surface area contributed by atoms with Crippen LogP contribution in [0.15, 0.2) is 12.7 Å². The van der Waals surface area contributed by atoms with E-state index in [1.54, 1.807) is 0 Å². The fourth-order valence-electron chi connectivity index (χ4n) is 4.30. The van der Waals surface area contributed by atoms with Crippen molar-refractivity contribution in [2.45, 2.75) is 61.2 Å². The van der Waals surface area contributed by atoms with Gasteiger partial charge in [-0.25, -0.2) is 19.7 Å². The van der Waals surface area contributed by atoms with Gasteiger partial charge in [0.25, 0.3) is 0 Å². The number of ether oxygens (including phenoxy) is 3. The van der Waals surface area contributed by atoms with Gasteiger partial charge in [-0.1, -0.05) is 0 Å². The van der Waals surface area contributed by atoms with Crippen LogP contribution in [0, 0.1) is 0 Å². The third-order valence-corrected chi connectivity index (χ3v) is 5.81. The summed E-state index contributed by atoms with van der Waals surface area (Å²) in [5.74, 6) is -3.79. The van der Waals surface area contributed by atoms with Crippen LogP contribution in [0.25, 0.3) is 11.2 Å². The van der Waals surface area contributed by atoms with Crippen LogP contribution in [0.3, 0.4) is 0 Å². The maximum Gasteiger partial charge on any atom is 0.335 e. The van der Waals surface area contributed by atoms with Gasteiger partial charge in [0.15, 0.2) is 23.8 Å². The lowest BCUT2D eigenvalue weighted by atomic mass is 9.84. The molecule has 2 aromatic heterocycles. The average molecular weight is 425 g/mol. The molecule has 0 radical (unpaired) electrons. The molecule has 9 unspecified atom stereocenters. The van der Waals surface area contributed by atoms with Crippen molar-refractivity contribution in [1.29, 1.82) is 0 Å². The molecule has 0 spiro atoms. The zero-order chi connectivity index (χ0) is 21.4. The van der Waals surface area contributed by atoms with Gasteiger partial charge in [-0.05, 0) is 0 Å². The molecule has 30 heavy (non-hydrogen) atoms. The number of fused-ring (bicyclic) bond motifs is 3. The number of aliphatic hydroxyl groups is 4. The van der Waals surface area contributed by atoms with Crippen LogP contribution in [0.2, 0.25) is 0 Å². The molecule has 3 fully saturated rings. The summed E-state index contributed by atoms with van der Waals surface area (Å²) in [7, 11) is 0. The predicted octanol–water partition coefficient (Wildman–Crippen LogP) is -3.28. The molecule has 3 aliphatic rings. The van der Waals surface area contributed by atoms with Gasteiger partial charge in [0.2, 0.25) is 5.79 Å². The van der Waals surface area contributed by atoms with Crippen LogP contribution in [-0.4, -0.2) is 99.5 Å². The van der Waals surface area contributed by atoms with Crippen LogP contribution >= 0.6 is 0 Å². The Morgan fingerprint density at radius 3 is 2.70 bits per heavy atom. The van der Waals surface area contributed by atoms with Gasteiger partial charge in [0, 0.05) is 6.42 Å². The van der Waals surface area contributed by atoms with E-state index >= 15 is 0 Å². The van der Waals surface area contributed by atoms with Crippen molar-refractivity contribution in [3.8, 4) is 0 Å². The third kappa shape index (κ3) is 2.56. The van der Waals surface area contributed by atoms with E-state index in [1.165, 1.54) is 17.2 Å². The highest BCUT2D eigenvalue weighted by Crippen LogP contribution is 2.46. The first-order valence-electron chi connectivity index (χ1n) is 9.13. The quantitative estimate of drug-likeness (QED) is 0.278. The zero-order valence-electron chi connectivity index (χ0n) is 15.2. The number of aliphatic carboxylic acids is 1. The second-order valence-electron chi connectivity index (χ2n) is 7.53.